The normalized spacial score (nSPS) is 18.8. The summed E-state index contributed by atoms with van der Waals surface area (Å²) in [5.41, 5.74) is 6.54. The summed E-state index contributed by atoms with van der Waals surface area (Å²) in [5, 5.41) is 11.4. The summed E-state index contributed by atoms with van der Waals surface area (Å²) in [6, 6.07) is 0. The number of likely N-dealkylation sites (tertiary alicyclic amines) is 1. The Hall–Kier alpha value is -1.14. The largest absolute Gasteiger partial charge is 0.481 e. The van der Waals surface area contributed by atoms with Crippen molar-refractivity contribution >= 4 is 22.4 Å². The highest BCUT2D eigenvalue weighted by atomic mass is 32.1. The fraction of sp³-hybridized carbons (Fsp3) is 0.600. The number of aromatic nitrogens is 1. The number of hydrogen-bond acceptors (Lipinski definition) is 5. The Morgan fingerprint density at radius 2 is 2.31 bits per heavy atom. The highest BCUT2D eigenvalue weighted by Crippen LogP contribution is 2.20. The van der Waals surface area contributed by atoms with Crippen LogP contribution in [0.3, 0.4) is 0 Å². The van der Waals surface area contributed by atoms with Gasteiger partial charge in [-0.3, -0.25) is 9.69 Å². The van der Waals surface area contributed by atoms with Gasteiger partial charge in [0.1, 0.15) is 0 Å². The van der Waals surface area contributed by atoms with Crippen molar-refractivity contribution in [1.29, 1.82) is 0 Å². The minimum atomic E-state index is -0.669. The first kappa shape index (κ1) is 11.3. The lowest BCUT2D eigenvalue weighted by Crippen LogP contribution is -2.35. The van der Waals surface area contributed by atoms with Crippen LogP contribution >= 0.6 is 11.3 Å². The topological polar surface area (TPSA) is 79.5 Å². The molecule has 1 aliphatic heterocycles. The van der Waals surface area contributed by atoms with Crippen molar-refractivity contribution in [3.8, 4) is 0 Å². The van der Waals surface area contributed by atoms with Crippen LogP contribution in [0.15, 0.2) is 5.38 Å². The van der Waals surface area contributed by atoms with E-state index in [1.165, 1.54) is 11.3 Å². The minimum Gasteiger partial charge on any atom is -0.481 e. The number of nitrogens with zero attached hydrogens (tertiary/aromatic N) is 2. The molecule has 0 radical (unpaired) electrons. The molecule has 1 aromatic heterocycles. The molecule has 2 heterocycles. The number of carboxylic acids is 1. The summed E-state index contributed by atoms with van der Waals surface area (Å²) >= 11 is 1.44. The lowest BCUT2D eigenvalue weighted by Gasteiger charge is -2.29. The van der Waals surface area contributed by atoms with E-state index < -0.39 is 5.97 Å². The zero-order valence-corrected chi connectivity index (χ0v) is 9.74. The summed E-state index contributed by atoms with van der Waals surface area (Å²) in [6.07, 6.45) is 1.46. The summed E-state index contributed by atoms with van der Waals surface area (Å²) in [5.74, 6) is -0.839. The molecule has 0 bridgehead atoms. The molecule has 0 saturated carbocycles. The molecule has 2 rings (SSSR count). The van der Waals surface area contributed by atoms with Crippen LogP contribution in [0, 0.1) is 5.92 Å². The van der Waals surface area contributed by atoms with Crippen molar-refractivity contribution in [1.82, 2.24) is 9.88 Å². The third-order valence-corrected chi connectivity index (χ3v) is 3.61. The van der Waals surface area contributed by atoms with Gasteiger partial charge in [0.05, 0.1) is 11.6 Å². The molecule has 0 spiro atoms. The van der Waals surface area contributed by atoms with E-state index in [0.717, 1.165) is 38.2 Å². The van der Waals surface area contributed by atoms with Gasteiger partial charge in [-0.15, -0.1) is 11.3 Å². The van der Waals surface area contributed by atoms with Crippen molar-refractivity contribution in [2.24, 2.45) is 5.92 Å². The Morgan fingerprint density at radius 3 is 2.81 bits per heavy atom. The second-order valence-electron chi connectivity index (χ2n) is 4.07. The number of carboxylic acid groups (broad SMARTS) is 1. The molecular formula is C10H15N3O2S. The first-order valence-corrected chi connectivity index (χ1v) is 6.18. The van der Waals surface area contributed by atoms with Crippen LogP contribution in [0.5, 0.6) is 0 Å². The number of nitrogen functional groups attached to an aromatic ring is 1. The van der Waals surface area contributed by atoms with Crippen LogP contribution in [0.4, 0.5) is 5.13 Å². The Morgan fingerprint density at radius 1 is 1.62 bits per heavy atom. The Balaban J connectivity index is 1.83. The van der Waals surface area contributed by atoms with E-state index in [1.54, 1.807) is 0 Å². The van der Waals surface area contributed by atoms with E-state index in [0.29, 0.717) is 5.13 Å². The van der Waals surface area contributed by atoms with Gasteiger partial charge < -0.3 is 10.8 Å². The van der Waals surface area contributed by atoms with E-state index in [2.05, 4.69) is 9.88 Å². The smallest absolute Gasteiger partial charge is 0.306 e. The lowest BCUT2D eigenvalue weighted by molar-refractivity contribution is -0.143. The van der Waals surface area contributed by atoms with Gasteiger partial charge >= 0.3 is 5.97 Å². The van der Waals surface area contributed by atoms with Crippen molar-refractivity contribution in [3.05, 3.63) is 11.1 Å². The zero-order chi connectivity index (χ0) is 11.5. The number of aliphatic carboxylic acids is 1. The number of thiazole rings is 1. The van der Waals surface area contributed by atoms with Crippen LogP contribution in [0.25, 0.3) is 0 Å². The number of nitrogens with two attached hydrogens (primary N) is 1. The predicted octanol–water partition coefficient (Wildman–Crippen LogP) is 1.02. The molecular weight excluding hydrogens is 226 g/mol. The Labute approximate surface area is 97.9 Å². The molecule has 1 fully saturated rings. The number of anilines is 1. The van der Waals surface area contributed by atoms with Crippen molar-refractivity contribution in [2.75, 3.05) is 18.8 Å². The molecule has 0 unspecified atom stereocenters. The molecule has 3 N–H and O–H groups in total. The molecule has 0 aromatic carbocycles. The van der Waals surface area contributed by atoms with Gasteiger partial charge in [0, 0.05) is 11.9 Å². The molecule has 0 atom stereocenters. The van der Waals surface area contributed by atoms with Crippen LogP contribution in [-0.2, 0) is 11.3 Å². The predicted molar refractivity (Wildman–Crippen MR) is 62.2 cm³/mol. The standard InChI is InChI=1S/C10H15N3O2S/c11-10-12-8(6-16-10)5-13-3-1-7(2-4-13)9(14)15/h6-7H,1-5H2,(H2,11,12)(H,14,15). The summed E-state index contributed by atoms with van der Waals surface area (Å²) in [4.78, 5) is 17.2. The molecule has 5 nitrogen and oxygen atoms in total. The molecule has 6 heteroatoms. The van der Waals surface area contributed by atoms with Gasteiger partial charge in [-0.1, -0.05) is 0 Å². The monoisotopic (exact) mass is 241 g/mol. The quantitative estimate of drug-likeness (QED) is 0.826. The molecule has 1 saturated heterocycles. The van der Waals surface area contributed by atoms with Crippen LogP contribution in [-0.4, -0.2) is 34.0 Å². The van der Waals surface area contributed by atoms with Crippen molar-refractivity contribution in [2.45, 2.75) is 19.4 Å². The van der Waals surface area contributed by atoms with Crippen molar-refractivity contribution in [3.63, 3.8) is 0 Å². The summed E-state index contributed by atoms with van der Waals surface area (Å²) in [7, 11) is 0. The summed E-state index contributed by atoms with van der Waals surface area (Å²) in [6.45, 7) is 2.43. The van der Waals surface area contributed by atoms with E-state index in [1.807, 2.05) is 5.38 Å². The van der Waals surface area contributed by atoms with E-state index in [4.69, 9.17) is 10.8 Å². The Bertz CT molecular complexity index is 372. The van der Waals surface area contributed by atoms with E-state index in [-0.39, 0.29) is 5.92 Å². The van der Waals surface area contributed by atoms with Crippen LogP contribution in [0.2, 0.25) is 0 Å². The number of hydrogen-bond donors (Lipinski definition) is 2. The third-order valence-electron chi connectivity index (χ3n) is 2.89. The second-order valence-corrected chi connectivity index (χ2v) is 4.96. The SMILES string of the molecule is Nc1nc(CN2CCC(C(=O)O)CC2)cs1. The van der Waals surface area contributed by atoms with E-state index in [9.17, 15) is 4.79 Å². The lowest BCUT2D eigenvalue weighted by atomic mass is 9.97. The number of carbonyl (C=O) groups is 1. The highest BCUT2D eigenvalue weighted by molar-refractivity contribution is 7.13. The summed E-state index contributed by atoms with van der Waals surface area (Å²) < 4.78 is 0. The maximum absolute atomic E-state index is 10.8. The maximum atomic E-state index is 10.8. The van der Waals surface area contributed by atoms with Crippen LogP contribution in [0.1, 0.15) is 18.5 Å². The first-order valence-electron chi connectivity index (χ1n) is 5.30. The zero-order valence-electron chi connectivity index (χ0n) is 8.93. The average Bonchev–Trinajstić information content (AvgIpc) is 2.65. The molecule has 1 aromatic rings. The van der Waals surface area contributed by atoms with Gasteiger partial charge in [-0.25, -0.2) is 4.98 Å². The molecule has 1 aliphatic rings. The molecule has 16 heavy (non-hydrogen) atoms. The second kappa shape index (κ2) is 4.80. The third kappa shape index (κ3) is 2.70. The van der Waals surface area contributed by atoms with Gasteiger partial charge in [0.2, 0.25) is 0 Å². The highest BCUT2D eigenvalue weighted by Gasteiger charge is 2.24. The average molecular weight is 241 g/mol. The van der Waals surface area contributed by atoms with Crippen LogP contribution < -0.4 is 5.73 Å². The van der Waals surface area contributed by atoms with Crippen molar-refractivity contribution < 1.29 is 9.90 Å². The maximum Gasteiger partial charge on any atom is 0.306 e. The van der Waals surface area contributed by atoms with Gasteiger partial charge in [0.15, 0.2) is 5.13 Å². The number of piperidine rings is 1. The molecule has 0 aliphatic carbocycles. The molecule has 0 amide bonds. The Kier molecular flexibility index (Phi) is 3.40. The van der Waals surface area contributed by atoms with E-state index >= 15 is 0 Å². The minimum absolute atomic E-state index is 0.170. The fourth-order valence-corrected chi connectivity index (χ4v) is 2.52. The van der Waals surface area contributed by atoms with Gasteiger partial charge in [-0.2, -0.15) is 0 Å². The molecule has 88 valence electrons. The van der Waals surface area contributed by atoms with Gasteiger partial charge in [0.25, 0.3) is 0 Å². The fourth-order valence-electron chi connectivity index (χ4n) is 1.96. The number of rotatable bonds is 3. The van der Waals surface area contributed by atoms with Gasteiger partial charge in [-0.05, 0) is 25.9 Å². The first-order chi connectivity index (χ1) is 7.65.